The first kappa shape index (κ1) is 14.5. The second-order valence-electron chi connectivity index (χ2n) is 5.89. The fraction of sp³-hybridized carbons (Fsp3) is 0.600. The minimum absolute atomic E-state index is 0.00731. The highest BCUT2D eigenvalue weighted by atomic mass is 32.1. The smallest absolute Gasteiger partial charge is 0.305 e. The summed E-state index contributed by atoms with van der Waals surface area (Å²) in [4.78, 5) is 28.8. The Bertz CT molecular complexity index is 513. The summed E-state index contributed by atoms with van der Waals surface area (Å²) in [6.45, 7) is 2.95. The third-order valence-electron chi connectivity index (χ3n) is 4.18. The predicted octanol–water partition coefficient (Wildman–Crippen LogP) is 1.65. The highest BCUT2D eigenvalue weighted by molar-refractivity contribution is 7.09. The van der Waals surface area contributed by atoms with Crippen LogP contribution in [0.15, 0.2) is 17.5 Å². The average molecular weight is 308 g/mol. The molecule has 1 amide bonds. The van der Waals surface area contributed by atoms with Crippen molar-refractivity contribution >= 4 is 23.2 Å². The molecule has 1 aromatic rings. The van der Waals surface area contributed by atoms with Gasteiger partial charge in [-0.2, -0.15) is 0 Å². The lowest BCUT2D eigenvalue weighted by Crippen LogP contribution is -2.57. The summed E-state index contributed by atoms with van der Waals surface area (Å²) in [5, 5.41) is 11.1. The maximum absolute atomic E-state index is 12.6. The summed E-state index contributed by atoms with van der Waals surface area (Å²) < 4.78 is 0. The molecule has 1 saturated carbocycles. The molecule has 1 aliphatic carbocycles. The van der Waals surface area contributed by atoms with Gasteiger partial charge in [-0.1, -0.05) is 6.07 Å². The zero-order valence-corrected chi connectivity index (χ0v) is 12.7. The van der Waals surface area contributed by atoms with Crippen LogP contribution in [0, 0.1) is 5.92 Å². The number of hydrogen-bond acceptors (Lipinski definition) is 4. The number of carbonyl (C=O) groups is 2. The standard InChI is InChI=1S/C15H20N2O3S/c18-14(19)8-13-15(20)17(9-11-3-4-11)6-5-16(13)10-12-2-1-7-21-12/h1-2,7,11,13H,3-6,8-10H2,(H,18,19). The number of hydrogen-bond donors (Lipinski definition) is 1. The van der Waals surface area contributed by atoms with Crippen molar-refractivity contribution in [2.45, 2.75) is 31.8 Å². The highest BCUT2D eigenvalue weighted by Gasteiger charge is 2.38. The van der Waals surface area contributed by atoms with Crippen LogP contribution in [-0.4, -0.2) is 52.5 Å². The number of piperazine rings is 1. The van der Waals surface area contributed by atoms with Gasteiger partial charge in [-0.3, -0.25) is 14.5 Å². The van der Waals surface area contributed by atoms with E-state index in [0.29, 0.717) is 12.5 Å². The van der Waals surface area contributed by atoms with Crippen molar-refractivity contribution in [1.29, 1.82) is 0 Å². The molecule has 1 aromatic heterocycles. The van der Waals surface area contributed by atoms with Crippen LogP contribution < -0.4 is 0 Å². The summed E-state index contributed by atoms with van der Waals surface area (Å²) in [5.74, 6) is -0.270. The Morgan fingerprint density at radius 1 is 1.38 bits per heavy atom. The number of rotatable bonds is 6. The molecule has 114 valence electrons. The fourth-order valence-electron chi connectivity index (χ4n) is 2.85. The molecule has 1 aliphatic heterocycles. The lowest BCUT2D eigenvalue weighted by Gasteiger charge is -2.40. The van der Waals surface area contributed by atoms with Crippen LogP contribution in [0.4, 0.5) is 0 Å². The molecule has 2 aliphatic rings. The van der Waals surface area contributed by atoms with Gasteiger partial charge < -0.3 is 10.0 Å². The molecule has 1 N–H and O–H groups in total. The Morgan fingerprint density at radius 2 is 2.19 bits per heavy atom. The molecule has 6 heteroatoms. The molecule has 0 spiro atoms. The number of carboxylic acid groups (broad SMARTS) is 1. The lowest BCUT2D eigenvalue weighted by molar-refractivity contribution is -0.149. The van der Waals surface area contributed by atoms with E-state index in [1.165, 1.54) is 17.7 Å². The van der Waals surface area contributed by atoms with Crippen LogP contribution in [0.1, 0.15) is 24.1 Å². The van der Waals surface area contributed by atoms with E-state index in [-0.39, 0.29) is 12.3 Å². The fourth-order valence-corrected chi connectivity index (χ4v) is 3.58. The van der Waals surface area contributed by atoms with Gasteiger partial charge in [-0.15, -0.1) is 11.3 Å². The van der Waals surface area contributed by atoms with Crippen molar-refractivity contribution in [3.8, 4) is 0 Å². The Morgan fingerprint density at radius 3 is 2.81 bits per heavy atom. The van der Waals surface area contributed by atoms with E-state index in [0.717, 1.165) is 19.6 Å². The second kappa shape index (κ2) is 6.15. The van der Waals surface area contributed by atoms with Crippen LogP contribution in [0.5, 0.6) is 0 Å². The van der Waals surface area contributed by atoms with Gasteiger partial charge in [0.25, 0.3) is 0 Å². The van der Waals surface area contributed by atoms with Gasteiger partial charge in [0.2, 0.25) is 5.91 Å². The molecule has 21 heavy (non-hydrogen) atoms. The zero-order valence-electron chi connectivity index (χ0n) is 11.9. The van der Waals surface area contributed by atoms with Crippen molar-refractivity contribution in [3.63, 3.8) is 0 Å². The number of carboxylic acids is 1. The first-order valence-electron chi connectivity index (χ1n) is 7.40. The molecule has 0 radical (unpaired) electrons. The molecular weight excluding hydrogens is 288 g/mol. The second-order valence-corrected chi connectivity index (χ2v) is 6.92. The first-order valence-corrected chi connectivity index (χ1v) is 8.28. The highest BCUT2D eigenvalue weighted by Crippen LogP contribution is 2.31. The van der Waals surface area contributed by atoms with E-state index in [4.69, 9.17) is 5.11 Å². The summed E-state index contributed by atoms with van der Waals surface area (Å²) in [5.41, 5.74) is 0. The van der Waals surface area contributed by atoms with E-state index in [2.05, 4.69) is 0 Å². The van der Waals surface area contributed by atoms with Gasteiger partial charge >= 0.3 is 5.97 Å². The van der Waals surface area contributed by atoms with Crippen molar-refractivity contribution in [1.82, 2.24) is 9.80 Å². The van der Waals surface area contributed by atoms with Crippen LogP contribution in [0.25, 0.3) is 0 Å². The Kier molecular flexibility index (Phi) is 4.26. The largest absolute Gasteiger partial charge is 0.481 e. The Labute approximate surface area is 128 Å². The maximum atomic E-state index is 12.6. The molecule has 0 bridgehead atoms. The number of thiophene rings is 1. The molecule has 5 nitrogen and oxygen atoms in total. The van der Waals surface area contributed by atoms with Gasteiger partial charge in [0, 0.05) is 31.1 Å². The van der Waals surface area contributed by atoms with Gasteiger partial charge in [0.05, 0.1) is 6.42 Å². The van der Waals surface area contributed by atoms with Crippen molar-refractivity contribution in [2.75, 3.05) is 19.6 Å². The lowest BCUT2D eigenvalue weighted by atomic mass is 10.1. The molecule has 2 heterocycles. The summed E-state index contributed by atoms with van der Waals surface area (Å²) in [7, 11) is 0. The quantitative estimate of drug-likeness (QED) is 0.868. The topological polar surface area (TPSA) is 60.9 Å². The van der Waals surface area contributed by atoms with Crippen molar-refractivity contribution < 1.29 is 14.7 Å². The molecule has 1 saturated heterocycles. The number of aliphatic carboxylic acids is 1. The molecule has 3 rings (SSSR count). The third kappa shape index (κ3) is 3.63. The van der Waals surface area contributed by atoms with Crippen molar-refractivity contribution in [2.24, 2.45) is 5.92 Å². The maximum Gasteiger partial charge on any atom is 0.305 e. The zero-order chi connectivity index (χ0) is 14.8. The summed E-state index contributed by atoms with van der Waals surface area (Å²) in [6.07, 6.45) is 2.30. The van der Waals surface area contributed by atoms with E-state index >= 15 is 0 Å². The Hall–Kier alpha value is -1.40. The minimum atomic E-state index is -0.905. The molecule has 1 atom stereocenters. The van der Waals surface area contributed by atoms with E-state index in [1.807, 2.05) is 27.3 Å². The first-order chi connectivity index (χ1) is 10.1. The predicted molar refractivity (Wildman–Crippen MR) is 80.1 cm³/mol. The van der Waals surface area contributed by atoms with Gasteiger partial charge in [-0.25, -0.2) is 0 Å². The van der Waals surface area contributed by atoms with Gasteiger partial charge in [0.15, 0.2) is 0 Å². The van der Waals surface area contributed by atoms with E-state index in [9.17, 15) is 9.59 Å². The van der Waals surface area contributed by atoms with E-state index < -0.39 is 12.0 Å². The van der Waals surface area contributed by atoms with Gasteiger partial charge in [0.1, 0.15) is 6.04 Å². The number of nitrogens with zero attached hydrogens (tertiary/aromatic N) is 2. The average Bonchev–Trinajstić information content (AvgIpc) is 3.11. The SMILES string of the molecule is O=C(O)CC1C(=O)N(CC2CC2)CCN1Cc1cccs1. The normalized spacial score (nSPS) is 23.5. The molecule has 2 fully saturated rings. The minimum Gasteiger partial charge on any atom is -0.481 e. The monoisotopic (exact) mass is 308 g/mol. The van der Waals surface area contributed by atoms with Crippen LogP contribution in [0.2, 0.25) is 0 Å². The summed E-state index contributed by atoms with van der Waals surface area (Å²) >= 11 is 1.65. The summed E-state index contributed by atoms with van der Waals surface area (Å²) in [6, 6.07) is 3.50. The number of carbonyl (C=O) groups excluding carboxylic acids is 1. The third-order valence-corrected chi connectivity index (χ3v) is 5.04. The molecule has 1 unspecified atom stereocenters. The number of amides is 1. The Balaban J connectivity index is 1.69. The van der Waals surface area contributed by atoms with Gasteiger partial charge in [-0.05, 0) is 30.2 Å². The van der Waals surface area contributed by atoms with Crippen LogP contribution in [-0.2, 0) is 16.1 Å². The van der Waals surface area contributed by atoms with E-state index in [1.54, 1.807) is 11.3 Å². The van der Waals surface area contributed by atoms with Crippen LogP contribution in [0.3, 0.4) is 0 Å². The molecule has 0 aromatic carbocycles. The van der Waals surface area contributed by atoms with Crippen molar-refractivity contribution in [3.05, 3.63) is 22.4 Å². The van der Waals surface area contributed by atoms with Crippen LogP contribution >= 0.6 is 11.3 Å². The molecular formula is C15H20N2O3S.